The summed E-state index contributed by atoms with van der Waals surface area (Å²) >= 11 is 0. The van der Waals surface area contributed by atoms with Crippen LogP contribution in [-0.4, -0.2) is 0 Å². The summed E-state index contributed by atoms with van der Waals surface area (Å²) in [5, 5.41) is 1.49. The molecule has 0 unspecified atom stereocenters. The minimum atomic E-state index is 0.558. The second-order valence-corrected chi connectivity index (χ2v) is 9.87. The van der Waals surface area contributed by atoms with E-state index in [1.165, 1.54) is 90.2 Å². The highest BCUT2D eigenvalue weighted by molar-refractivity contribution is 5.84. The molecule has 0 N–H and O–H groups in total. The average Bonchev–Trinajstić information content (AvgIpc) is 2.73. The van der Waals surface area contributed by atoms with E-state index in [2.05, 4.69) is 68.8 Å². The van der Waals surface area contributed by atoms with Crippen LogP contribution in [-0.2, 0) is 19.9 Å². The summed E-state index contributed by atoms with van der Waals surface area (Å²) in [5.41, 5.74) is 12.3. The van der Waals surface area contributed by atoms with Gasteiger partial charge in [0, 0.05) is 22.6 Å². The number of aromatic nitrogens is 1. The molecule has 3 aromatic rings. The maximum Gasteiger partial charge on any atom is 0.216 e. The van der Waals surface area contributed by atoms with Crippen molar-refractivity contribution in [3.63, 3.8) is 0 Å². The number of nitrogens with zero attached hydrogens (tertiary/aromatic N) is 1. The van der Waals surface area contributed by atoms with Crippen molar-refractivity contribution in [2.45, 2.75) is 72.1 Å². The highest BCUT2D eigenvalue weighted by Gasteiger charge is 2.39. The van der Waals surface area contributed by atoms with E-state index in [4.69, 9.17) is 0 Å². The van der Waals surface area contributed by atoms with Gasteiger partial charge in [0.25, 0.3) is 0 Å². The Labute approximate surface area is 175 Å². The van der Waals surface area contributed by atoms with Crippen molar-refractivity contribution in [3.8, 4) is 11.3 Å². The van der Waals surface area contributed by atoms with Gasteiger partial charge in [0.2, 0.25) is 11.2 Å². The molecule has 29 heavy (non-hydrogen) atoms. The van der Waals surface area contributed by atoms with E-state index in [1.807, 2.05) is 0 Å². The zero-order valence-corrected chi connectivity index (χ0v) is 18.6. The quantitative estimate of drug-likeness (QED) is 0.411. The van der Waals surface area contributed by atoms with Crippen molar-refractivity contribution in [2.24, 2.45) is 12.5 Å². The van der Waals surface area contributed by atoms with Crippen molar-refractivity contribution in [1.82, 2.24) is 0 Å². The van der Waals surface area contributed by atoms with Gasteiger partial charge < -0.3 is 0 Å². The van der Waals surface area contributed by atoms with Crippen LogP contribution in [0.4, 0.5) is 0 Å². The molecule has 1 spiro atoms. The molecule has 1 heterocycles. The summed E-state index contributed by atoms with van der Waals surface area (Å²) in [7, 11) is 2.28. The summed E-state index contributed by atoms with van der Waals surface area (Å²) in [4.78, 5) is 0. The van der Waals surface area contributed by atoms with Gasteiger partial charge in [0.1, 0.15) is 7.05 Å². The van der Waals surface area contributed by atoms with E-state index in [-0.39, 0.29) is 0 Å². The average molecular weight is 385 g/mol. The van der Waals surface area contributed by atoms with Gasteiger partial charge in [-0.2, -0.15) is 4.57 Å². The smallest absolute Gasteiger partial charge is 0.194 e. The Kier molecular flexibility index (Phi) is 4.53. The Bertz CT molecular complexity index is 1100. The number of aryl methyl sites for hydroxylation is 3. The lowest BCUT2D eigenvalue weighted by atomic mass is 9.63. The Hall–Kier alpha value is -2.15. The number of fused-ring (bicyclic) bond motifs is 3. The summed E-state index contributed by atoms with van der Waals surface area (Å²) in [6, 6.07) is 13.9. The molecular formula is C28H34N+. The van der Waals surface area contributed by atoms with Crippen LogP contribution in [0.2, 0.25) is 0 Å². The Morgan fingerprint density at radius 1 is 0.862 bits per heavy atom. The van der Waals surface area contributed by atoms with Crippen LogP contribution in [0.1, 0.15) is 66.3 Å². The SMILES string of the molecule is Cc1cc(C)c(C)c(-c2c3c(c4ccccc4[n+]2C)CC2(CCCCC2)CC3)c1. The number of para-hydroxylation sites is 1. The van der Waals surface area contributed by atoms with Crippen LogP contribution in [0.5, 0.6) is 0 Å². The molecule has 2 aromatic carbocycles. The first-order valence-electron chi connectivity index (χ1n) is 11.5. The summed E-state index contributed by atoms with van der Waals surface area (Å²) in [5.74, 6) is 0. The van der Waals surface area contributed by atoms with Gasteiger partial charge in [-0.3, -0.25) is 0 Å². The van der Waals surface area contributed by atoms with E-state index in [1.54, 1.807) is 11.1 Å². The van der Waals surface area contributed by atoms with Crippen LogP contribution in [0.15, 0.2) is 36.4 Å². The van der Waals surface area contributed by atoms with Gasteiger partial charge in [0.15, 0.2) is 0 Å². The number of hydrogen-bond donors (Lipinski definition) is 0. The molecule has 2 aliphatic carbocycles. The maximum atomic E-state index is 2.48. The third-order valence-corrected chi connectivity index (χ3v) is 8.01. The van der Waals surface area contributed by atoms with E-state index in [0.717, 1.165) is 0 Å². The van der Waals surface area contributed by atoms with E-state index >= 15 is 0 Å². The fraction of sp³-hybridized carbons (Fsp3) is 0.464. The first kappa shape index (κ1) is 18.9. The molecular weight excluding hydrogens is 350 g/mol. The molecule has 0 amide bonds. The van der Waals surface area contributed by atoms with Crippen molar-refractivity contribution in [3.05, 3.63) is 64.2 Å². The zero-order chi connectivity index (χ0) is 20.2. The minimum Gasteiger partial charge on any atom is -0.194 e. The van der Waals surface area contributed by atoms with Crippen LogP contribution in [0.25, 0.3) is 22.2 Å². The number of benzene rings is 2. The van der Waals surface area contributed by atoms with Gasteiger partial charge in [-0.1, -0.05) is 43.0 Å². The molecule has 1 fully saturated rings. The minimum absolute atomic E-state index is 0.558. The number of hydrogen-bond acceptors (Lipinski definition) is 0. The largest absolute Gasteiger partial charge is 0.216 e. The molecule has 1 heteroatoms. The summed E-state index contributed by atoms with van der Waals surface area (Å²) in [6.07, 6.45) is 11.0. The zero-order valence-electron chi connectivity index (χ0n) is 18.6. The molecule has 5 rings (SSSR count). The van der Waals surface area contributed by atoms with Crippen LogP contribution in [0.3, 0.4) is 0 Å². The maximum absolute atomic E-state index is 2.48. The summed E-state index contributed by atoms with van der Waals surface area (Å²) in [6.45, 7) is 6.80. The third kappa shape index (κ3) is 3.01. The lowest BCUT2D eigenvalue weighted by Crippen LogP contribution is -2.38. The highest BCUT2D eigenvalue weighted by atomic mass is 14.9. The predicted molar refractivity (Wildman–Crippen MR) is 122 cm³/mol. The van der Waals surface area contributed by atoms with Crippen LogP contribution < -0.4 is 4.57 Å². The molecule has 0 saturated heterocycles. The van der Waals surface area contributed by atoms with Crippen molar-refractivity contribution >= 4 is 10.9 Å². The third-order valence-electron chi connectivity index (χ3n) is 8.01. The molecule has 1 saturated carbocycles. The Balaban J connectivity index is 1.80. The van der Waals surface area contributed by atoms with Gasteiger partial charge in [-0.25, -0.2) is 0 Å². The first-order chi connectivity index (χ1) is 14.0. The first-order valence-corrected chi connectivity index (χ1v) is 11.5. The fourth-order valence-corrected chi connectivity index (χ4v) is 6.33. The Morgan fingerprint density at radius 2 is 1.62 bits per heavy atom. The topological polar surface area (TPSA) is 3.88 Å². The van der Waals surface area contributed by atoms with Crippen molar-refractivity contribution in [2.75, 3.05) is 0 Å². The predicted octanol–water partition coefficient (Wildman–Crippen LogP) is 6.70. The van der Waals surface area contributed by atoms with Gasteiger partial charge in [-0.15, -0.1) is 0 Å². The van der Waals surface area contributed by atoms with Crippen LogP contribution in [0, 0.1) is 26.2 Å². The van der Waals surface area contributed by atoms with E-state index in [9.17, 15) is 0 Å². The van der Waals surface area contributed by atoms with Crippen molar-refractivity contribution in [1.29, 1.82) is 0 Å². The lowest BCUT2D eigenvalue weighted by molar-refractivity contribution is -0.634. The van der Waals surface area contributed by atoms with Crippen molar-refractivity contribution < 1.29 is 4.57 Å². The standard InChI is InChI=1S/C28H34N/c1-19-16-20(2)21(3)24(17-19)27-23-12-15-28(13-8-5-9-14-28)18-25(23)22-10-6-7-11-26(22)29(27)4/h6-7,10-11,16-17H,5,8-9,12-15,18H2,1-4H3/q+1. The van der Waals surface area contributed by atoms with E-state index < -0.39 is 0 Å². The van der Waals surface area contributed by atoms with E-state index in [0.29, 0.717) is 5.41 Å². The van der Waals surface area contributed by atoms with Gasteiger partial charge >= 0.3 is 0 Å². The monoisotopic (exact) mass is 384 g/mol. The number of pyridine rings is 1. The van der Waals surface area contributed by atoms with Crippen LogP contribution >= 0.6 is 0 Å². The molecule has 0 radical (unpaired) electrons. The van der Waals surface area contributed by atoms with Gasteiger partial charge in [0.05, 0.1) is 0 Å². The molecule has 0 bridgehead atoms. The molecule has 1 aromatic heterocycles. The molecule has 1 nitrogen and oxygen atoms in total. The normalized spacial score (nSPS) is 18.2. The van der Waals surface area contributed by atoms with Gasteiger partial charge in [-0.05, 0) is 87.1 Å². The lowest BCUT2D eigenvalue weighted by Gasteiger charge is -2.41. The highest BCUT2D eigenvalue weighted by Crippen LogP contribution is 2.49. The Morgan fingerprint density at radius 3 is 2.41 bits per heavy atom. The molecule has 0 atom stereocenters. The number of rotatable bonds is 1. The second kappa shape index (κ2) is 6.97. The fourth-order valence-electron chi connectivity index (χ4n) is 6.33. The summed E-state index contributed by atoms with van der Waals surface area (Å²) < 4.78 is 2.48. The molecule has 0 aliphatic heterocycles. The second-order valence-electron chi connectivity index (χ2n) is 9.87. The molecule has 150 valence electrons. The molecule has 2 aliphatic rings.